The Hall–Kier alpha value is -2.44. The third-order valence-electron chi connectivity index (χ3n) is 4.45. The van der Waals surface area contributed by atoms with E-state index in [1.54, 1.807) is 17.0 Å². The normalized spacial score (nSPS) is 15.6. The molecule has 1 amide bonds. The van der Waals surface area contributed by atoms with Gasteiger partial charge in [0.2, 0.25) is 0 Å². The Bertz CT molecular complexity index is 753. The summed E-state index contributed by atoms with van der Waals surface area (Å²) in [7, 11) is 0. The smallest absolute Gasteiger partial charge is 0.387 e. The van der Waals surface area contributed by atoms with Crippen LogP contribution in [-0.4, -0.2) is 40.3 Å². The van der Waals surface area contributed by atoms with Gasteiger partial charge < -0.3 is 9.64 Å². The maximum atomic E-state index is 12.6. The molecule has 0 unspecified atom stereocenters. The molecule has 0 N–H and O–H groups in total. The van der Waals surface area contributed by atoms with Crippen LogP contribution in [0.25, 0.3) is 0 Å². The second kappa shape index (κ2) is 7.21. The molecule has 0 bridgehead atoms. The van der Waals surface area contributed by atoms with Gasteiger partial charge in [-0.25, -0.2) is 0 Å². The van der Waals surface area contributed by atoms with Gasteiger partial charge in [0, 0.05) is 24.3 Å². The first-order valence-corrected chi connectivity index (χ1v) is 8.31. The second-order valence-electron chi connectivity index (χ2n) is 6.30. The molecule has 0 saturated carbocycles. The van der Waals surface area contributed by atoms with Gasteiger partial charge in [-0.3, -0.25) is 9.48 Å². The summed E-state index contributed by atoms with van der Waals surface area (Å²) in [6, 6.07) is 8.28. The van der Waals surface area contributed by atoms with Gasteiger partial charge in [-0.05, 0) is 51.0 Å². The first-order chi connectivity index (χ1) is 11.9. The van der Waals surface area contributed by atoms with Crippen molar-refractivity contribution >= 4 is 5.91 Å². The zero-order chi connectivity index (χ0) is 18.0. The molecule has 1 aromatic carbocycles. The first kappa shape index (κ1) is 17.4. The summed E-state index contributed by atoms with van der Waals surface area (Å²) < 4.78 is 31.0. The molecule has 1 aromatic heterocycles. The third-order valence-corrected chi connectivity index (χ3v) is 4.45. The highest BCUT2D eigenvalue weighted by molar-refractivity contribution is 5.94. The number of carbonyl (C=O) groups is 1. The summed E-state index contributed by atoms with van der Waals surface area (Å²) >= 11 is 0. The minimum atomic E-state index is -2.90. The minimum Gasteiger partial charge on any atom is -0.435 e. The van der Waals surface area contributed by atoms with Crippen LogP contribution in [0.1, 0.15) is 40.6 Å². The number of ether oxygens (including phenoxy) is 1. The summed E-state index contributed by atoms with van der Waals surface area (Å²) in [5, 5.41) is 4.53. The molecule has 25 heavy (non-hydrogen) atoms. The Balaban J connectivity index is 1.64. The largest absolute Gasteiger partial charge is 0.435 e. The van der Waals surface area contributed by atoms with Crippen LogP contribution in [-0.2, 0) is 0 Å². The van der Waals surface area contributed by atoms with Gasteiger partial charge in [0.25, 0.3) is 5.91 Å². The highest BCUT2D eigenvalue weighted by atomic mass is 19.3. The van der Waals surface area contributed by atoms with Crippen LogP contribution >= 0.6 is 0 Å². The van der Waals surface area contributed by atoms with Gasteiger partial charge in [-0.1, -0.05) is 6.07 Å². The van der Waals surface area contributed by atoms with E-state index in [1.165, 1.54) is 12.1 Å². The summed E-state index contributed by atoms with van der Waals surface area (Å²) in [6.45, 7) is 2.33. The van der Waals surface area contributed by atoms with Gasteiger partial charge >= 0.3 is 6.61 Å². The molecule has 7 heteroatoms. The topological polar surface area (TPSA) is 47.4 Å². The van der Waals surface area contributed by atoms with Gasteiger partial charge in [-0.2, -0.15) is 13.9 Å². The molecule has 3 rings (SSSR count). The van der Waals surface area contributed by atoms with Crippen molar-refractivity contribution in [1.29, 1.82) is 0 Å². The van der Waals surface area contributed by atoms with Crippen molar-refractivity contribution in [3.8, 4) is 5.75 Å². The average molecular weight is 349 g/mol. The number of aryl methyl sites for hydroxylation is 2. The third kappa shape index (κ3) is 3.97. The Labute approximate surface area is 145 Å². The van der Waals surface area contributed by atoms with Crippen molar-refractivity contribution in [3.05, 3.63) is 47.3 Å². The molecule has 2 heterocycles. The molecule has 0 radical (unpaired) electrons. The monoisotopic (exact) mass is 349 g/mol. The number of rotatable bonds is 4. The Kier molecular flexibility index (Phi) is 5.01. The fourth-order valence-electron chi connectivity index (χ4n) is 3.32. The lowest BCUT2D eigenvalue weighted by molar-refractivity contribution is -0.0499. The van der Waals surface area contributed by atoms with E-state index in [4.69, 9.17) is 0 Å². The number of likely N-dealkylation sites (tertiary alicyclic amines) is 1. The number of nitrogens with zero attached hydrogens (tertiary/aromatic N) is 3. The SMILES string of the molecule is Cc1cc(C)n(C2CCN(C(=O)c3cccc(OC(F)F)c3)CC2)n1. The number of amides is 1. The van der Waals surface area contributed by atoms with E-state index in [1.807, 2.05) is 24.6 Å². The van der Waals surface area contributed by atoms with E-state index in [9.17, 15) is 13.6 Å². The van der Waals surface area contributed by atoms with Crippen molar-refractivity contribution in [2.75, 3.05) is 13.1 Å². The molecule has 134 valence electrons. The second-order valence-corrected chi connectivity index (χ2v) is 6.30. The van der Waals surface area contributed by atoms with Crippen LogP contribution in [0.15, 0.2) is 30.3 Å². The molecule has 0 spiro atoms. The summed E-state index contributed by atoms with van der Waals surface area (Å²) in [6.07, 6.45) is 1.64. The molecule has 5 nitrogen and oxygen atoms in total. The molecule has 2 aromatic rings. The summed E-state index contributed by atoms with van der Waals surface area (Å²) in [5.41, 5.74) is 2.48. The zero-order valence-corrected chi connectivity index (χ0v) is 14.3. The van der Waals surface area contributed by atoms with E-state index in [-0.39, 0.29) is 17.7 Å². The van der Waals surface area contributed by atoms with E-state index < -0.39 is 6.61 Å². The van der Waals surface area contributed by atoms with Crippen LogP contribution < -0.4 is 4.74 Å². The number of hydrogen-bond acceptors (Lipinski definition) is 3. The van der Waals surface area contributed by atoms with Crippen LogP contribution in [0.5, 0.6) is 5.75 Å². The van der Waals surface area contributed by atoms with Crippen LogP contribution in [0.2, 0.25) is 0 Å². The van der Waals surface area contributed by atoms with Crippen molar-refractivity contribution in [1.82, 2.24) is 14.7 Å². The number of aromatic nitrogens is 2. The van der Waals surface area contributed by atoms with Gasteiger partial charge in [0.05, 0.1) is 11.7 Å². The molecule has 0 atom stereocenters. The van der Waals surface area contributed by atoms with Crippen LogP contribution in [0.4, 0.5) is 8.78 Å². The summed E-state index contributed by atoms with van der Waals surface area (Å²) in [4.78, 5) is 14.4. The lowest BCUT2D eigenvalue weighted by Gasteiger charge is -2.32. The molecule has 1 fully saturated rings. The standard InChI is InChI=1S/C18H21F2N3O2/c1-12-10-13(2)23(21-12)15-6-8-22(9-7-15)17(24)14-4-3-5-16(11-14)25-18(19)20/h3-5,10-11,15,18H,6-9H2,1-2H3. The molecule has 1 aliphatic rings. The van der Waals surface area contributed by atoms with Crippen molar-refractivity contribution in [2.45, 2.75) is 39.3 Å². The van der Waals surface area contributed by atoms with Crippen molar-refractivity contribution < 1.29 is 18.3 Å². The number of halogens is 2. The fraction of sp³-hybridized carbons (Fsp3) is 0.444. The van der Waals surface area contributed by atoms with Gasteiger partial charge in [0.15, 0.2) is 0 Å². The number of piperidine rings is 1. The Morgan fingerprint density at radius 2 is 1.96 bits per heavy atom. The average Bonchev–Trinajstić information content (AvgIpc) is 2.92. The van der Waals surface area contributed by atoms with Crippen LogP contribution in [0.3, 0.4) is 0 Å². The lowest BCUT2D eigenvalue weighted by Crippen LogP contribution is -2.39. The maximum absolute atomic E-state index is 12.6. The Morgan fingerprint density at radius 1 is 1.24 bits per heavy atom. The molecule has 0 aliphatic carbocycles. The molecular weight excluding hydrogens is 328 g/mol. The van der Waals surface area contributed by atoms with Crippen LogP contribution in [0, 0.1) is 13.8 Å². The molecular formula is C18H21F2N3O2. The predicted molar refractivity (Wildman–Crippen MR) is 88.9 cm³/mol. The van der Waals surface area contributed by atoms with Gasteiger partial charge in [-0.15, -0.1) is 0 Å². The quantitative estimate of drug-likeness (QED) is 0.848. The highest BCUT2D eigenvalue weighted by Crippen LogP contribution is 2.25. The van der Waals surface area contributed by atoms with E-state index in [0.29, 0.717) is 18.7 Å². The van der Waals surface area contributed by atoms with E-state index >= 15 is 0 Å². The fourth-order valence-corrected chi connectivity index (χ4v) is 3.32. The Morgan fingerprint density at radius 3 is 2.56 bits per heavy atom. The molecule has 1 aliphatic heterocycles. The predicted octanol–water partition coefficient (Wildman–Crippen LogP) is 3.58. The number of carbonyl (C=O) groups excluding carboxylic acids is 1. The van der Waals surface area contributed by atoms with Gasteiger partial charge in [0.1, 0.15) is 5.75 Å². The van der Waals surface area contributed by atoms with E-state index in [2.05, 4.69) is 9.84 Å². The first-order valence-electron chi connectivity index (χ1n) is 8.31. The van der Waals surface area contributed by atoms with Crippen molar-refractivity contribution in [2.24, 2.45) is 0 Å². The van der Waals surface area contributed by atoms with E-state index in [0.717, 1.165) is 24.2 Å². The number of hydrogen-bond donors (Lipinski definition) is 0. The maximum Gasteiger partial charge on any atom is 0.387 e. The lowest BCUT2D eigenvalue weighted by atomic mass is 10.0. The summed E-state index contributed by atoms with van der Waals surface area (Å²) in [5.74, 6) is -0.162. The molecule has 1 saturated heterocycles. The minimum absolute atomic E-state index is 0.00150. The zero-order valence-electron chi connectivity index (χ0n) is 14.3. The number of alkyl halides is 2. The van der Waals surface area contributed by atoms with Crippen molar-refractivity contribution in [3.63, 3.8) is 0 Å². The number of benzene rings is 1. The highest BCUT2D eigenvalue weighted by Gasteiger charge is 2.26.